The minimum atomic E-state index is -0.433. The Morgan fingerprint density at radius 3 is 2.65 bits per heavy atom. The van der Waals surface area contributed by atoms with Gasteiger partial charge < -0.3 is 0 Å². The molecule has 2 rings (SSSR count). The monoisotopic (exact) mass is 360 g/mol. The Morgan fingerprint density at radius 2 is 1.94 bits per heavy atom. The SMILES string of the molecule is O=C(c1cccc(F)c1)c1cc(I)ccc1Cl. The van der Waals surface area contributed by atoms with Gasteiger partial charge in [0, 0.05) is 14.7 Å². The summed E-state index contributed by atoms with van der Waals surface area (Å²) in [6.45, 7) is 0. The van der Waals surface area contributed by atoms with Crippen molar-refractivity contribution in [2.75, 3.05) is 0 Å². The Labute approximate surface area is 117 Å². The smallest absolute Gasteiger partial charge is 0.194 e. The first-order valence-electron chi connectivity index (χ1n) is 4.83. The molecule has 0 aliphatic rings. The number of rotatable bonds is 2. The first-order valence-corrected chi connectivity index (χ1v) is 6.29. The number of benzene rings is 2. The molecule has 0 saturated carbocycles. The molecule has 1 nitrogen and oxygen atoms in total. The molecular formula is C13H7ClFIO. The lowest BCUT2D eigenvalue weighted by Gasteiger charge is -2.04. The Hall–Kier alpha value is -0.940. The van der Waals surface area contributed by atoms with Crippen molar-refractivity contribution in [2.45, 2.75) is 0 Å². The average molecular weight is 361 g/mol. The molecule has 0 radical (unpaired) electrons. The van der Waals surface area contributed by atoms with E-state index >= 15 is 0 Å². The van der Waals surface area contributed by atoms with E-state index in [1.807, 2.05) is 6.07 Å². The van der Waals surface area contributed by atoms with Gasteiger partial charge in [0.05, 0.1) is 5.02 Å². The van der Waals surface area contributed by atoms with Gasteiger partial charge in [-0.2, -0.15) is 0 Å². The second-order valence-corrected chi connectivity index (χ2v) is 5.12. The van der Waals surface area contributed by atoms with Crippen molar-refractivity contribution >= 4 is 40.0 Å². The average Bonchev–Trinajstić information content (AvgIpc) is 2.31. The molecule has 17 heavy (non-hydrogen) atoms. The van der Waals surface area contributed by atoms with E-state index in [1.165, 1.54) is 18.2 Å². The molecule has 0 aliphatic heterocycles. The van der Waals surface area contributed by atoms with E-state index in [-0.39, 0.29) is 5.78 Å². The Kier molecular flexibility index (Phi) is 3.79. The molecule has 0 heterocycles. The van der Waals surface area contributed by atoms with Crippen LogP contribution < -0.4 is 0 Å². The lowest BCUT2D eigenvalue weighted by Crippen LogP contribution is -2.03. The van der Waals surface area contributed by atoms with Crippen LogP contribution in [0.5, 0.6) is 0 Å². The molecule has 0 fully saturated rings. The zero-order valence-corrected chi connectivity index (χ0v) is 11.5. The first kappa shape index (κ1) is 12.5. The van der Waals surface area contributed by atoms with Crippen LogP contribution in [-0.4, -0.2) is 5.78 Å². The van der Waals surface area contributed by atoms with E-state index in [2.05, 4.69) is 22.6 Å². The van der Waals surface area contributed by atoms with Crippen molar-refractivity contribution in [1.82, 2.24) is 0 Å². The van der Waals surface area contributed by atoms with Crippen LogP contribution in [0.1, 0.15) is 15.9 Å². The third-order valence-corrected chi connectivity index (χ3v) is 3.26. The minimum absolute atomic E-state index is 0.270. The highest BCUT2D eigenvalue weighted by Crippen LogP contribution is 2.22. The predicted molar refractivity (Wildman–Crippen MR) is 74.0 cm³/mol. The second kappa shape index (κ2) is 5.14. The van der Waals surface area contributed by atoms with Crippen molar-refractivity contribution < 1.29 is 9.18 Å². The van der Waals surface area contributed by atoms with Gasteiger partial charge in [-0.3, -0.25) is 4.79 Å². The summed E-state index contributed by atoms with van der Waals surface area (Å²) in [5.74, 6) is -0.703. The van der Waals surface area contributed by atoms with E-state index < -0.39 is 5.82 Å². The second-order valence-electron chi connectivity index (χ2n) is 3.46. The fraction of sp³-hybridized carbons (Fsp3) is 0. The lowest BCUT2D eigenvalue weighted by molar-refractivity contribution is 0.103. The molecule has 0 atom stereocenters. The number of carbonyl (C=O) groups is 1. The van der Waals surface area contributed by atoms with E-state index in [0.717, 1.165) is 3.57 Å². The van der Waals surface area contributed by atoms with Crippen LogP contribution in [0, 0.1) is 9.39 Å². The molecule has 0 bridgehead atoms. The first-order chi connectivity index (χ1) is 8.08. The van der Waals surface area contributed by atoms with Crippen LogP contribution in [0.25, 0.3) is 0 Å². The number of carbonyl (C=O) groups excluding carboxylic acids is 1. The Balaban J connectivity index is 2.47. The molecule has 0 saturated heterocycles. The summed E-state index contributed by atoms with van der Waals surface area (Å²) < 4.78 is 13.9. The maximum atomic E-state index is 13.0. The van der Waals surface area contributed by atoms with Gasteiger partial charge in [0.25, 0.3) is 0 Å². The highest BCUT2D eigenvalue weighted by atomic mass is 127. The van der Waals surface area contributed by atoms with Crippen LogP contribution >= 0.6 is 34.2 Å². The summed E-state index contributed by atoms with van der Waals surface area (Å²) in [5.41, 5.74) is 0.693. The fourth-order valence-corrected chi connectivity index (χ4v) is 2.15. The highest BCUT2D eigenvalue weighted by Gasteiger charge is 2.13. The molecule has 0 aliphatic carbocycles. The van der Waals surface area contributed by atoms with Crippen molar-refractivity contribution in [3.05, 3.63) is 68.0 Å². The standard InChI is InChI=1S/C13H7ClFIO/c14-12-5-4-10(16)7-11(12)13(17)8-2-1-3-9(15)6-8/h1-7H. The maximum absolute atomic E-state index is 13.0. The van der Waals surface area contributed by atoms with Gasteiger partial charge in [0.1, 0.15) is 5.82 Å². The normalized spacial score (nSPS) is 10.3. The van der Waals surface area contributed by atoms with Gasteiger partial charge in [-0.1, -0.05) is 23.7 Å². The molecular weight excluding hydrogens is 353 g/mol. The van der Waals surface area contributed by atoms with E-state index in [0.29, 0.717) is 16.1 Å². The van der Waals surface area contributed by atoms with Crippen LogP contribution in [-0.2, 0) is 0 Å². The Morgan fingerprint density at radius 1 is 1.18 bits per heavy atom. The van der Waals surface area contributed by atoms with Crippen LogP contribution in [0.4, 0.5) is 4.39 Å². The fourth-order valence-electron chi connectivity index (χ4n) is 1.46. The zero-order chi connectivity index (χ0) is 12.4. The summed E-state index contributed by atoms with van der Waals surface area (Å²) in [6.07, 6.45) is 0. The number of halogens is 3. The van der Waals surface area contributed by atoms with E-state index in [9.17, 15) is 9.18 Å². The molecule has 2 aromatic carbocycles. The molecule has 0 amide bonds. The maximum Gasteiger partial charge on any atom is 0.194 e. The van der Waals surface area contributed by atoms with Crippen LogP contribution in [0.2, 0.25) is 5.02 Å². The van der Waals surface area contributed by atoms with Crippen molar-refractivity contribution in [3.8, 4) is 0 Å². The van der Waals surface area contributed by atoms with Gasteiger partial charge in [0.15, 0.2) is 5.78 Å². The van der Waals surface area contributed by atoms with Gasteiger partial charge in [0.2, 0.25) is 0 Å². The molecule has 0 unspecified atom stereocenters. The Bertz CT molecular complexity index is 583. The summed E-state index contributed by atoms with van der Waals surface area (Å²) in [4.78, 5) is 12.1. The third-order valence-electron chi connectivity index (χ3n) is 2.26. The van der Waals surface area contributed by atoms with Crippen molar-refractivity contribution in [3.63, 3.8) is 0 Å². The number of ketones is 1. The number of hydrogen-bond donors (Lipinski definition) is 0. The molecule has 0 N–H and O–H groups in total. The number of hydrogen-bond acceptors (Lipinski definition) is 1. The van der Waals surface area contributed by atoms with Gasteiger partial charge >= 0.3 is 0 Å². The molecule has 86 valence electrons. The van der Waals surface area contributed by atoms with Crippen LogP contribution in [0.15, 0.2) is 42.5 Å². The quantitative estimate of drug-likeness (QED) is 0.576. The topological polar surface area (TPSA) is 17.1 Å². The van der Waals surface area contributed by atoms with Crippen LogP contribution in [0.3, 0.4) is 0 Å². The molecule has 0 aromatic heterocycles. The van der Waals surface area contributed by atoms with Gasteiger partial charge in [-0.05, 0) is 52.9 Å². The largest absolute Gasteiger partial charge is 0.289 e. The molecule has 0 spiro atoms. The molecule has 2 aromatic rings. The minimum Gasteiger partial charge on any atom is -0.289 e. The summed E-state index contributed by atoms with van der Waals surface area (Å²) in [6, 6.07) is 10.7. The summed E-state index contributed by atoms with van der Waals surface area (Å²) in [5, 5.41) is 0.375. The summed E-state index contributed by atoms with van der Waals surface area (Å²) >= 11 is 8.06. The third kappa shape index (κ3) is 2.84. The van der Waals surface area contributed by atoms with Gasteiger partial charge in [-0.15, -0.1) is 0 Å². The van der Waals surface area contributed by atoms with Gasteiger partial charge in [-0.25, -0.2) is 4.39 Å². The van der Waals surface area contributed by atoms with E-state index in [1.54, 1.807) is 18.2 Å². The predicted octanol–water partition coefficient (Wildman–Crippen LogP) is 4.31. The lowest BCUT2D eigenvalue weighted by atomic mass is 10.0. The summed E-state index contributed by atoms with van der Waals surface area (Å²) in [7, 11) is 0. The highest BCUT2D eigenvalue weighted by molar-refractivity contribution is 14.1. The van der Waals surface area contributed by atoms with Crippen molar-refractivity contribution in [2.24, 2.45) is 0 Å². The molecule has 4 heteroatoms. The van der Waals surface area contributed by atoms with Crippen molar-refractivity contribution in [1.29, 1.82) is 0 Å². The zero-order valence-electron chi connectivity index (χ0n) is 8.58. The van der Waals surface area contributed by atoms with E-state index in [4.69, 9.17) is 11.6 Å².